The first kappa shape index (κ1) is 20.1. The lowest BCUT2D eigenvalue weighted by molar-refractivity contribution is 0.893. The van der Waals surface area contributed by atoms with Crippen LogP contribution in [0.1, 0.15) is 19.5 Å². The zero-order valence-electron chi connectivity index (χ0n) is 16.1. The van der Waals surface area contributed by atoms with Crippen LogP contribution in [0.5, 0.6) is 0 Å². The molecular formula is C21H25BrN6. The van der Waals surface area contributed by atoms with Crippen LogP contribution >= 0.6 is 15.9 Å². The first-order valence-electron chi connectivity index (χ1n) is 9.41. The van der Waals surface area contributed by atoms with Gasteiger partial charge >= 0.3 is 0 Å². The zero-order valence-corrected chi connectivity index (χ0v) is 17.7. The molecule has 146 valence electrons. The molecule has 3 heterocycles. The Morgan fingerprint density at radius 1 is 1.25 bits per heavy atom. The molecule has 2 aromatic heterocycles. The Balaban J connectivity index is 0.00000109. The van der Waals surface area contributed by atoms with E-state index in [0.717, 1.165) is 39.6 Å². The van der Waals surface area contributed by atoms with E-state index in [1.54, 1.807) is 6.20 Å². The zero-order chi connectivity index (χ0) is 19.9. The number of fused-ring (bicyclic) bond motifs is 1. The van der Waals surface area contributed by atoms with Gasteiger partial charge in [-0.3, -0.25) is 4.40 Å². The molecule has 7 heteroatoms. The Labute approximate surface area is 173 Å². The summed E-state index contributed by atoms with van der Waals surface area (Å²) in [6, 6.07) is 10.1. The number of anilines is 1. The number of nitrogens with two attached hydrogens (primary N) is 1. The van der Waals surface area contributed by atoms with Crippen LogP contribution in [-0.4, -0.2) is 27.5 Å². The number of hydrogen-bond donors (Lipinski definition) is 3. The third kappa shape index (κ3) is 4.10. The Morgan fingerprint density at radius 3 is 2.71 bits per heavy atom. The number of halogens is 1. The molecular weight excluding hydrogens is 416 g/mol. The number of hydrogen-bond acceptors (Lipinski definition) is 5. The predicted molar refractivity (Wildman–Crippen MR) is 119 cm³/mol. The van der Waals surface area contributed by atoms with E-state index in [9.17, 15) is 0 Å². The molecule has 1 aliphatic heterocycles. The van der Waals surface area contributed by atoms with Crippen molar-refractivity contribution >= 4 is 27.4 Å². The van der Waals surface area contributed by atoms with Gasteiger partial charge in [-0.05, 0) is 33.8 Å². The second kappa shape index (κ2) is 9.52. The second-order valence-corrected chi connectivity index (χ2v) is 6.80. The van der Waals surface area contributed by atoms with E-state index in [1.807, 2.05) is 60.9 Å². The van der Waals surface area contributed by atoms with Gasteiger partial charge in [0, 0.05) is 25.2 Å². The van der Waals surface area contributed by atoms with E-state index in [1.165, 1.54) is 5.57 Å². The van der Waals surface area contributed by atoms with Gasteiger partial charge in [-0.1, -0.05) is 50.3 Å². The van der Waals surface area contributed by atoms with Crippen molar-refractivity contribution in [3.8, 4) is 11.3 Å². The average Bonchev–Trinajstić information content (AvgIpc) is 3.16. The molecule has 28 heavy (non-hydrogen) atoms. The number of dihydropyridines is 1. The van der Waals surface area contributed by atoms with Crippen LogP contribution in [0.15, 0.2) is 65.1 Å². The summed E-state index contributed by atoms with van der Waals surface area (Å²) in [4.78, 5) is 9.39. The Hall–Kier alpha value is -2.64. The maximum absolute atomic E-state index is 6.07. The molecule has 0 spiro atoms. The van der Waals surface area contributed by atoms with Crippen molar-refractivity contribution < 1.29 is 0 Å². The summed E-state index contributed by atoms with van der Waals surface area (Å²) in [6.07, 6.45) is 7.83. The molecule has 4 rings (SSSR count). The molecule has 0 bridgehead atoms. The van der Waals surface area contributed by atoms with Crippen molar-refractivity contribution in [3.63, 3.8) is 0 Å². The van der Waals surface area contributed by atoms with E-state index >= 15 is 0 Å². The van der Waals surface area contributed by atoms with Gasteiger partial charge in [-0.25, -0.2) is 9.97 Å². The van der Waals surface area contributed by atoms with Crippen molar-refractivity contribution in [2.24, 2.45) is 5.73 Å². The maximum Gasteiger partial charge on any atom is 0.181 e. The van der Waals surface area contributed by atoms with Crippen LogP contribution in [0.2, 0.25) is 0 Å². The van der Waals surface area contributed by atoms with Gasteiger partial charge in [0.15, 0.2) is 11.5 Å². The molecule has 0 atom stereocenters. The highest BCUT2D eigenvalue weighted by molar-refractivity contribution is 9.10. The van der Waals surface area contributed by atoms with Crippen molar-refractivity contribution in [2.75, 3.05) is 18.4 Å². The first-order valence-corrected chi connectivity index (χ1v) is 10.2. The number of benzene rings is 1. The summed E-state index contributed by atoms with van der Waals surface area (Å²) in [7, 11) is 0. The van der Waals surface area contributed by atoms with E-state index < -0.39 is 0 Å². The van der Waals surface area contributed by atoms with Gasteiger partial charge in [-0.2, -0.15) is 0 Å². The Bertz CT molecular complexity index is 991. The van der Waals surface area contributed by atoms with Crippen molar-refractivity contribution in [3.05, 3.63) is 70.8 Å². The first-order chi connectivity index (χ1) is 13.8. The van der Waals surface area contributed by atoms with Gasteiger partial charge in [0.25, 0.3) is 0 Å². The lowest BCUT2D eigenvalue weighted by atomic mass is 10.1. The Kier molecular flexibility index (Phi) is 6.84. The third-order valence-corrected chi connectivity index (χ3v) is 4.86. The highest BCUT2D eigenvalue weighted by Crippen LogP contribution is 2.29. The number of allylic oxidation sites excluding steroid dienone is 2. The molecule has 1 aromatic carbocycles. The molecule has 6 nitrogen and oxygen atoms in total. The highest BCUT2D eigenvalue weighted by atomic mass is 79.9. The fraction of sp³-hybridized carbons (Fsp3) is 0.238. The topological polar surface area (TPSA) is 80.3 Å². The Morgan fingerprint density at radius 2 is 2.04 bits per heavy atom. The van der Waals surface area contributed by atoms with Crippen molar-refractivity contribution in [2.45, 2.75) is 20.4 Å². The fourth-order valence-electron chi connectivity index (χ4n) is 3.04. The highest BCUT2D eigenvalue weighted by Gasteiger charge is 2.17. The molecule has 0 unspecified atom stereocenters. The molecule has 3 aromatic rings. The van der Waals surface area contributed by atoms with Gasteiger partial charge in [0.1, 0.15) is 4.60 Å². The molecule has 4 N–H and O–H groups in total. The third-order valence-electron chi connectivity index (χ3n) is 4.30. The quantitative estimate of drug-likeness (QED) is 0.556. The number of nitrogens with one attached hydrogen (secondary N) is 2. The molecule has 0 amide bonds. The minimum atomic E-state index is 0.364. The number of aromatic nitrogens is 3. The van der Waals surface area contributed by atoms with Gasteiger partial charge in [-0.15, -0.1) is 0 Å². The van der Waals surface area contributed by atoms with Crippen LogP contribution in [-0.2, 0) is 6.54 Å². The SMILES string of the molecule is CC.NCc1c(-c2ccccc2)nc(NCC2=CC=CNC2)c2ncc(Br)n12. The monoisotopic (exact) mass is 440 g/mol. The molecule has 0 saturated carbocycles. The molecule has 0 radical (unpaired) electrons. The standard InChI is InChI=1S/C19H19BrN6.C2H6/c20-16-12-24-19-18(23-11-13-5-4-8-22-10-13)25-17(15(9-21)26(16)19)14-6-2-1-3-7-14;1-2/h1-8,12,22H,9-11,21H2,(H,23,25);1-2H3. The minimum Gasteiger partial charge on any atom is -0.387 e. The van der Waals surface area contributed by atoms with Gasteiger partial charge < -0.3 is 16.4 Å². The summed E-state index contributed by atoms with van der Waals surface area (Å²) in [5, 5.41) is 6.65. The van der Waals surface area contributed by atoms with Crippen molar-refractivity contribution in [1.82, 2.24) is 19.7 Å². The lowest BCUT2D eigenvalue weighted by Crippen LogP contribution is -2.19. The van der Waals surface area contributed by atoms with E-state index in [-0.39, 0.29) is 0 Å². The van der Waals surface area contributed by atoms with E-state index in [0.29, 0.717) is 13.1 Å². The van der Waals surface area contributed by atoms with Crippen LogP contribution < -0.4 is 16.4 Å². The van der Waals surface area contributed by atoms with Crippen LogP contribution in [0, 0.1) is 0 Å². The summed E-state index contributed by atoms with van der Waals surface area (Å²) in [6.45, 7) is 5.88. The van der Waals surface area contributed by atoms with Crippen LogP contribution in [0.4, 0.5) is 5.82 Å². The molecule has 0 aliphatic carbocycles. The van der Waals surface area contributed by atoms with Crippen LogP contribution in [0.25, 0.3) is 16.9 Å². The summed E-state index contributed by atoms with van der Waals surface area (Å²) in [5.41, 5.74) is 10.9. The maximum atomic E-state index is 6.07. The van der Waals surface area contributed by atoms with Crippen molar-refractivity contribution in [1.29, 1.82) is 0 Å². The van der Waals surface area contributed by atoms with Gasteiger partial charge in [0.2, 0.25) is 0 Å². The fourth-order valence-corrected chi connectivity index (χ4v) is 3.53. The van der Waals surface area contributed by atoms with E-state index in [4.69, 9.17) is 10.7 Å². The van der Waals surface area contributed by atoms with E-state index in [2.05, 4.69) is 37.6 Å². The average molecular weight is 441 g/mol. The normalized spacial score (nSPS) is 12.8. The smallest absolute Gasteiger partial charge is 0.181 e. The number of rotatable bonds is 5. The number of imidazole rings is 1. The van der Waals surface area contributed by atoms with Crippen LogP contribution in [0.3, 0.4) is 0 Å². The summed E-state index contributed by atoms with van der Waals surface area (Å²) < 4.78 is 2.88. The predicted octanol–water partition coefficient (Wildman–Crippen LogP) is 4.10. The molecule has 0 saturated heterocycles. The summed E-state index contributed by atoms with van der Waals surface area (Å²) >= 11 is 3.59. The summed E-state index contributed by atoms with van der Waals surface area (Å²) in [5.74, 6) is 0.738. The minimum absolute atomic E-state index is 0.364. The lowest BCUT2D eigenvalue weighted by Gasteiger charge is -2.16. The largest absolute Gasteiger partial charge is 0.387 e. The molecule has 0 fully saturated rings. The molecule has 1 aliphatic rings. The van der Waals surface area contributed by atoms with Gasteiger partial charge in [0.05, 0.1) is 17.6 Å². The number of nitrogens with zero attached hydrogens (tertiary/aromatic N) is 3. The second-order valence-electron chi connectivity index (χ2n) is 5.98.